The molecule has 0 saturated heterocycles. The van der Waals surface area contributed by atoms with E-state index in [2.05, 4.69) is 5.32 Å². The lowest BCUT2D eigenvalue weighted by atomic mass is 10.2. The van der Waals surface area contributed by atoms with Gasteiger partial charge in [-0.1, -0.05) is 24.3 Å². The van der Waals surface area contributed by atoms with Gasteiger partial charge in [0.2, 0.25) is 5.91 Å². The predicted molar refractivity (Wildman–Crippen MR) is 97.1 cm³/mol. The molecule has 0 atom stereocenters. The van der Waals surface area contributed by atoms with E-state index < -0.39 is 0 Å². The molecule has 1 amide bonds. The Morgan fingerprint density at radius 1 is 1.04 bits per heavy atom. The number of hydrogen-bond acceptors (Lipinski definition) is 5. The normalized spacial score (nSPS) is 9.85. The SMILES string of the molecule is CCOc1ccccc1OCCOc1cccc(CNC(=O)CC#N)c1. The first-order valence-corrected chi connectivity index (χ1v) is 8.43. The van der Waals surface area contributed by atoms with Gasteiger partial charge in [0.1, 0.15) is 25.4 Å². The van der Waals surface area contributed by atoms with E-state index in [1.54, 1.807) is 0 Å². The van der Waals surface area contributed by atoms with E-state index in [1.165, 1.54) is 0 Å². The van der Waals surface area contributed by atoms with E-state index in [4.69, 9.17) is 19.5 Å². The van der Waals surface area contributed by atoms with Crippen LogP contribution >= 0.6 is 0 Å². The number of amides is 1. The van der Waals surface area contributed by atoms with E-state index in [0.717, 1.165) is 5.56 Å². The maximum absolute atomic E-state index is 11.3. The molecule has 0 saturated carbocycles. The molecular weight excluding hydrogens is 332 g/mol. The Balaban J connectivity index is 1.79. The Kier molecular flexibility index (Phi) is 7.81. The Morgan fingerprint density at radius 2 is 1.77 bits per heavy atom. The molecule has 136 valence electrons. The number of hydrogen-bond donors (Lipinski definition) is 1. The lowest BCUT2D eigenvalue weighted by Crippen LogP contribution is -2.21. The molecule has 0 aliphatic carbocycles. The lowest BCUT2D eigenvalue weighted by Gasteiger charge is -2.12. The number of para-hydroxylation sites is 2. The summed E-state index contributed by atoms with van der Waals surface area (Å²) in [6.45, 7) is 3.62. The summed E-state index contributed by atoms with van der Waals surface area (Å²) in [6, 6.07) is 16.8. The molecule has 0 fully saturated rings. The Labute approximate surface area is 153 Å². The Hall–Kier alpha value is -3.20. The zero-order valence-electron chi connectivity index (χ0n) is 14.7. The standard InChI is InChI=1S/C20H22N2O4/c1-2-24-18-8-3-4-9-19(18)26-13-12-25-17-7-5-6-16(14-17)15-22-20(23)10-11-21/h3-9,14H,2,10,12-13,15H2,1H3,(H,22,23). The van der Waals surface area contributed by atoms with Crippen molar-refractivity contribution in [2.45, 2.75) is 19.9 Å². The molecule has 2 aromatic rings. The van der Waals surface area contributed by atoms with Crippen molar-refractivity contribution in [1.29, 1.82) is 5.26 Å². The maximum Gasteiger partial charge on any atom is 0.234 e. The van der Waals surface area contributed by atoms with Crippen LogP contribution in [0.2, 0.25) is 0 Å². The first-order valence-electron chi connectivity index (χ1n) is 8.43. The summed E-state index contributed by atoms with van der Waals surface area (Å²) in [6.07, 6.45) is -0.142. The number of nitrogens with zero attached hydrogens (tertiary/aromatic N) is 1. The quantitative estimate of drug-likeness (QED) is 0.663. The van der Waals surface area contributed by atoms with Crippen LogP contribution < -0.4 is 19.5 Å². The molecule has 6 heteroatoms. The van der Waals surface area contributed by atoms with Crippen LogP contribution in [-0.2, 0) is 11.3 Å². The molecular formula is C20H22N2O4. The minimum absolute atomic E-state index is 0.142. The zero-order chi connectivity index (χ0) is 18.6. The van der Waals surface area contributed by atoms with Gasteiger partial charge in [-0.25, -0.2) is 0 Å². The number of carbonyl (C=O) groups excluding carboxylic acids is 1. The summed E-state index contributed by atoms with van der Waals surface area (Å²) in [5.41, 5.74) is 0.899. The van der Waals surface area contributed by atoms with Crippen molar-refractivity contribution in [3.8, 4) is 23.3 Å². The molecule has 2 aromatic carbocycles. The van der Waals surface area contributed by atoms with Crippen molar-refractivity contribution in [3.63, 3.8) is 0 Å². The minimum Gasteiger partial charge on any atom is -0.490 e. The van der Waals surface area contributed by atoms with Crippen LogP contribution in [0, 0.1) is 11.3 Å². The van der Waals surface area contributed by atoms with Gasteiger partial charge in [0, 0.05) is 6.54 Å². The topological polar surface area (TPSA) is 80.6 Å². The highest BCUT2D eigenvalue weighted by Gasteiger charge is 2.04. The van der Waals surface area contributed by atoms with E-state index in [9.17, 15) is 4.79 Å². The average Bonchev–Trinajstić information content (AvgIpc) is 2.66. The van der Waals surface area contributed by atoms with Crippen molar-refractivity contribution >= 4 is 5.91 Å². The molecule has 0 heterocycles. The van der Waals surface area contributed by atoms with Crippen molar-refractivity contribution in [2.75, 3.05) is 19.8 Å². The molecule has 0 unspecified atom stereocenters. The predicted octanol–water partition coefficient (Wildman–Crippen LogP) is 3.07. The monoisotopic (exact) mass is 354 g/mol. The molecule has 2 rings (SSSR count). The first-order chi connectivity index (χ1) is 12.7. The third-order valence-corrected chi connectivity index (χ3v) is 3.39. The van der Waals surface area contributed by atoms with Crippen LogP contribution in [0.4, 0.5) is 0 Å². The summed E-state index contributed by atoms with van der Waals surface area (Å²) >= 11 is 0. The summed E-state index contributed by atoms with van der Waals surface area (Å²) < 4.78 is 16.9. The molecule has 0 radical (unpaired) electrons. The van der Waals surface area contributed by atoms with Gasteiger partial charge in [-0.05, 0) is 36.8 Å². The van der Waals surface area contributed by atoms with Crippen molar-refractivity contribution < 1.29 is 19.0 Å². The van der Waals surface area contributed by atoms with Crippen molar-refractivity contribution in [3.05, 3.63) is 54.1 Å². The van der Waals surface area contributed by atoms with Crippen LogP contribution in [0.1, 0.15) is 18.9 Å². The van der Waals surface area contributed by atoms with E-state index >= 15 is 0 Å². The van der Waals surface area contributed by atoms with Gasteiger partial charge in [-0.2, -0.15) is 5.26 Å². The molecule has 6 nitrogen and oxygen atoms in total. The average molecular weight is 354 g/mol. The smallest absolute Gasteiger partial charge is 0.234 e. The third-order valence-electron chi connectivity index (χ3n) is 3.39. The number of nitrogens with one attached hydrogen (secondary N) is 1. The molecule has 0 aromatic heterocycles. The lowest BCUT2D eigenvalue weighted by molar-refractivity contribution is -0.120. The van der Waals surface area contributed by atoms with Crippen LogP contribution in [0.25, 0.3) is 0 Å². The van der Waals surface area contributed by atoms with Crippen molar-refractivity contribution in [2.24, 2.45) is 0 Å². The van der Waals surface area contributed by atoms with Crippen LogP contribution in [0.15, 0.2) is 48.5 Å². The van der Waals surface area contributed by atoms with Gasteiger partial charge in [0.15, 0.2) is 11.5 Å². The fourth-order valence-corrected chi connectivity index (χ4v) is 2.24. The largest absolute Gasteiger partial charge is 0.490 e. The van der Waals surface area contributed by atoms with Crippen molar-refractivity contribution in [1.82, 2.24) is 5.32 Å². The molecule has 0 aliphatic rings. The molecule has 0 aliphatic heterocycles. The highest BCUT2D eigenvalue weighted by atomic mass is 16.5. The van der Waals surface area contributed by atoms with Gasteiger partial charge in [0.05, 0.1) is 12.7 Å². The second-order valence-electron chi connectivity index (χ2n) is 5.34. The summed E-state index contributed by atoms with van der Waals surface area (Å²) in [5.74, 6) is 1.80. The van der Waals surface area contributed by atoms with E-state index in [1.807, 2.05) is 61.5 Å². The number of benzene rings is 2. The van der Waals surface area contributed by atoms with Gasteiger partial charge in [0.25, 0.3) is 0 Å². The Morgan fingerprint density at radius 3 is 2.50 bits per heavy atom. The highest BCUT2D eigenvalue weighted by molar-refractivity contribution is 5.77. The van der Waals surface area contributed by atoms with Gasteiger partial charge in [-0.3, -0.25) is 4.79 Å². The first kappa shape index (κ1) is 19.1. The third kappa shape index (κ3) is 6.36. The second kappa shape index (κ2) is 10.6. The number of carbonyl (C=O) groups is 1. The van der Waals surface area contributed by atoms with Gasteiger partial charge >= 0.3 is 0 Å². The number of ether oxygens (including phenoxy) is 3. The van der Waals surface area contributed by atoms with E-state index in [-0.39, 0.29) is 12.3 Å². The van der Waals surface area contributed by atoms with Gasteiger partial charge in [-0.15, -0.1) is 0 Å². The molecule has 0 spiro atoms. The second-order valence-corrected chi connectivity index (χ2v) is 5.34. The summed E-state index contributed by atoms with van der Waals surface area (Å²) in [5, 5.41) is 11.2. The molecule has 1 N–H and O–H groups in total. The molecule has 26 heavy (non-hydrogen) atoms. The van der Waals surface area contributed by atoms with Gasteiger partial charge < -0.3 is 19.5 Å². The maximum atomic E-state index is 11.3. The molecule has 0 bridgehead atoms. The van der Waals surface area contributed by atoms with Crippen LogP contribution in [0.3, 0.4) is 0 Å². The number of nitriles is 1. The fourth-order valence-electron chi connectivity index (χ4n) is 2.24. The van der Waals surface area contributed by atoms with E-state index in [0.29, 0.717) is 43.6 Å². The number of rotatable bonds is 10. The highest BCUT2D eigenvalue weighted by Crippen LogP contribution is 2.26. The van der Waals surface area contributed by atoms with Crippen LogP contribution in [-0.4, -0.2) is 25.7 Å². The fraction of sp³-hybridized carbons (Fsp3) is 0.300. The summed E-state index contributed by atoms with van der Waals surface area (Å²) in [7, 11) is 0. The zero-order valence-corrected chi connectivity index (χ0v) is 14.7. The van der Waals surface area contributed by atoms with Crippen LogP contribution in [0.5, 0.6) is 17.2 Å². The Bertz CT molecular complexity index is 755. The minimum atomic E-state index is -0.291. The summed E-state index contributed by atoms with van der Waals surface area (Å²) in [4.78, 5) is 11.3.